The minimum absolute atomic E-state index is 0.220. The van der Waals surface area contributed by atoms with E-state index in [0.717, 1.165) is 87.4 Å². The van der Waals surface area contributed by atoms with Gasteiger partial charge >= 0.3 is 13.1 Å². The van der Waals surface area contributed by atoms with Crippen LogP contribution in [0.1, 0.15) is 84.0 Å². The topological polar surface area (TPSA) is 69.6 Å². The molecule has 7 aromatic carbocycles. The van der Waals surface area contributed by atoms with Gasteiger partial charge in [-0.15, -0.1) is 0 Å². The van der Waals surface area contributed by atoms with E-state index in [9.17, 15) is 22.8 Å². The van der Waals surface area contributed by atoms with E-state index in [1.165, 1.54) is 29.8 Å². The highest BCUT2D eigenvalue weighted by molar-refractivity contribution is 14.2. The molecule has 2 aliphatic carbocycles. The van der Waals surface area contributed by atoms with Crippen molar-refractivity contribution < 1.29 is 31.0 Å². The third-order valence-electron chi connectivity index (χ3n) is 16.4. The molecule has 4 aliphatic rings. The van der Waals surface area contributed by atoms with Crippen molar-refractivity contribution in [1.82, 2.24) is 12.1 Å². The summed E-state index contributed by atoms with van der Waals surface area (Å²) >= 11 is 13.2. The second-order valence-corrected chi connectivity index (χ2v) is 24.6. The number of halogens is 8. The Kier molecular flexibility index (Phi) is 12.5. The van der Waals surface area contributed by atoms with Crippen molar-refractivity contribution in [2.24, 2.45) is 0 Å². The molecular formula is C64H47BCl2F5IN3O4-. The van der Waals surface area contributed by atoms with Crippen LogP contribution in [0.5, 0.6) is 5.75 Å². The molecule has 80 heavy (non-hydrogen) atoms. The van der Waals surface area contributed by atoms with Crippen molar-refractivity contribution in [3.8, 4) is 28.1 Å². The monoisotopic (exact) mass is 1220 g/mol. The molecule has 16 heteroatoms. The van der Waals surface area contributed by atoms with Crippen LogP contribution in [0.15, 0.2) is 165 Å². The fourth-order valence-corrected chi connectivity index (χ4v) is 16.6. The lowest BCUT2D eigenvalue weighted by Gasteiger charge is -2.48. The van der Waals surface area contributed by atoms with Crippen LogP contribution < -0.4 is 15.9 Å². The Morgan fingerprint density at radius 3 is 2.02 bits per heavy atom. The third-order valence-corrected chi connectivity index (χ3v) is 20.5. The van der Waals surface area contributed by atoms with Crippen LogP contribution in [0.4, 0.5) is 21.8 Å². The van der Waals surface area contributed by atoms with Gasteiger partial charge in [-0.25, -0.2) is 0 Å². The number of hydrogen-bond donors (Lipinski definition) is 0. The second kappa shape index (κ2) is 19.6. The van der Waals surface area contributed by atoms with Crippen LogP contribution in [0.25, 0.3) is 71.4 Å². The number of pyridine rings is 1. The maximum absolute atomic E-state index is 18.0. The molecule has 7 nitrogen and oxygen atoms in total. The largest absolute Gasteiger partial charge is 0.537 e. The summed E-state index contributed by atoms with van der Waals surface area (Å²) in [5, 5.41) is 4.00. The third kappa shape index (κ3) is 8.36. The molecule has 2 aliphatic heterocycles. The summed E-state index contributed by atoms with van der Waals surface area (Å²) in [6.45, 7) is -3.75. The van der Waals surface area contributed by atoms with Crippen LogP contribution in [0, 0.1) is 0 Å². The molecule has 10 aromatic rings. The van der Waals surface area contributed by atoms with Crippen molar-refractivity contribution in [1.29, 1.82) is 0 Å². The van der Waals surface area contributed by atoms with Gasteiger partial charge in [0.05, 0.1) is 22.2 Å². The smallest absolute Gasteiger partial charge is 0.493 e. The van der Waals surface area contributed by atoms with Gasteiger partial charge in [-0.05, 0) is 189 Å². The van der Waals surface area contributed by atoms with Gasteiger partial charge in [0.1, 0.15) is 16.9 Å². The van der Waals surface area contributed by atoms with Crippen molar-refractivity contribution in [3.05, 3.63) is 221 Å². The number of rotatable bonds is 10. The zero-order valence-electron chi connectivity index (χ0n) is 42.8. The standard InChI is InChI=1S/C64H47BCl2F5IN3O4/c66-50-34-43(35-51(67)58(50)59-52-33-41-16-10-14-38-12-4-6-18-45(38)61(41)75(52)65(71,72)76-53(59)32-40-15-9-13-37-11-3-5-17-44(37)60(40)73-76)79-30-8-2-1-7-29-74-62(77)47-25-24-46-49-31-39(36-19-22-42(23-20-36)64(68,69)70)21-27-54(49)80-55-28-26-48(63(74)78)56(47)57(46)55/h3-6,11-12,17-28,31-35H,1-2,7-10,13-16,29-30H2/q-1. The minimum atomic E-state index is -4.45. The minimum Gasteiger partial charge on any atom is -0.493 e. The summed E-state index contributed by atoms with van der Waals surface area (Å²) in [6, 6.07) is 39.0. The number of nitrogens with zero attached hydrogens (tertiary/aromatic N) is 3. The molecule has 14 rings (SSSR count). The van der Waals surface area contributed by atoms with E-state index in [0.29, 0.717) is 126 Å². The fourth-order valence-electron chi connectivity index (χ4n) is 12.7. The van der Waals surface area contributed by atoms with Crippen molar-refractivity contribution in [2.45, 2.75) is 76.9 Å². The molecular weight excluding hydrogens is 1180 g/mol. The Morgan fingerprint density at radius 2 is 1.27 bits per heavy atom. The second-order valence-electron chi connectivity index (χ2n) is 21.2. The summed E-state index contributed by atoms with van der Waals surface area (Å²) in [4.78, 5) is 28.2. The Labute approximate surface area is 476 Å². The predicted molar refractivity (Wildman–Crippen MR) is 320 cm³/mol. The van der Waals surface area contributed by atoms with Gasteiger partial charge in [0.25, 0.3) is 11.1 Å². The lowest BCUT2D eigenvalue weighted by atomic mass is 9.85. The molecule has 0 fully saturated rings. The predicted octanol–water partition coefficient (Wildman–Crippen LogP) is 17.1. The number of benzene rings is 7. The fraction of sp³-hybridized carbons (Fsp3) is 0.203. The van der Waals surface area contributed by atoms with Crippen LogP contribution in [-0.2, 0) is 32.0 Å². The molecule has 0 saturated carbocycles. The molecule has 0 spiro atoms. The molecule has 3 aromatic heterocycles. The molecule has 0 atom stereocenters. The van der Waals surface area contributed by atoms with Gasteiger partial charge in [0.15, 0.2) is 0 Å². The molecule has 402 valence electrons. The molecule has 5 heterocycles. The van der Waals surface area contributed by atoms with Gasteiger partial charge in [-0.1, -0.05) is 109 Å². The number of alkyl halides is 3. The Morgan fingerprint density at radius 1 is 0.637 bits per heavy atom. The molecule has 0 unspecified atom stereocenters. The Hall–Kier alpha value is -7.01. The van der Waals surface area contributed by atoms with Crippen LogP contribution in [-0.4, -0.2) is 29.2 Å². The van der Waals surface area contributed by atoms with Crippen LogP contribution >= 0.6 is 44.2 Å². The van der Waals surface area contributed by atoms with Gasteiger partial charge in [-0.3, -0.25) is 14.2 Å². The first kappa shape index (κ1) is 51.2. The molecule has 0 bridgehead atoms. The van der Waals surface area contributed by atoms with E-state index in [-0.39, 0.29) is 6.54 Å². The van der Waals surface area contributed by atoms with E-state index in [4.69, 9.17) is 32.4 Å². The zero-order valence-corrected chi connectivity index (χ0v) is 46.5. The number of aromatic nitrogens is 2. The highest BCUT2D eigenvalue weighted by Gasteiger charge is 2.47. The normalized spacial score (nSPS) is 15.8. The van der Waals surface area contributed by atoms with E-state index < -0.39 is 50.8 Å². The first-order chi connectivity index (χ1) is 38.7. The van der Waals surface area contributed by atoms with Crippen LogP contribution in [0.3, 0.4) is 0 Å². The average Bonchev–Trinajstić information content (AvgIpc) is 3.81. The quantitative estimate of drug-likeness (QED) is 0.0260. The maximum Gasteiger partial charge on any atom is 0.537 e. The van der Waals surface area contributed by atoms with Gasteiger partial charge in [0.2, 0.25) is 0 Å². The lowest BCUT2D eigenvalue weighted by molar-refractivity contribution is -0.137. The lowest BCUT2D eigenvalue weighted by Crippen LogP contribution is -2.52. The van der Waals surface area contributed by atoms with E-state index in [1.54, 1.807) is 42.5 Å². The number of unbranched alkanes of at least 4 members (excludes halogenated alkanes) is 3. The number of hydrogen-bond acceptors (Lipinski definition) is 5. The van der Waals surface area contributed by atoms with Gasteiger partial charge < -0.3 is 25.3 Å². The maximum atomic E-state index is 18.0. The van der Waals surface area contributed by atoms with Crippen molar-refractivity contribution in [3.63, 3.8) is 0 Å². The summed E-state index contributed by atoms with van der Waals surface area (Å²) < 4.78 is 93.5. The van der Waals surface area contributed by atoms with Crippen molar-refractivity contribution in [2.75, 3.05) is 6.61 Å². The number of allylic oxidation sites excluding steroid dienone is 2. The highest BCUT2D eigenvalue weighted by atomic mass is 127. The molecule has 0 saturated heterocycles. The first-order valence-corrected chi connectivity index (χ1v) is 29.8. The highest BCUT2D eigenvalue weighted by Crippen LogP contribution is 2.54. The van der Waals surface area contributed by atoms with Crippen molar-refractivity contribution >= 4 is 104 Å². The summed E-state index contributed by atoms with van der Waals surface area (Å²) in [5.74, 6) is 0.457. The Bertz CT molecular complexity index is 4410. The molecule has 0 N–H and O–H groups in total. The number of fused-ring (bicyclic) bond motifs is 11. The zero-order chi connectivity index (χ0) is 54.8. The summed E-state index contributed by atoms with van der Waals surface area (Å²) in [5.41, 5.74) is 9.50. The summed E-state index contributed by atoms with van der Waals surface area (Å²) in [7, 11) is 0. The van der Waals surface area contributed by atoms with E-state index in [2.05, 4.69) is 12.1 Å². The first-order valence-electron chi connectivity index (χ1n) is 27.0. The average molecular weight is 1230 g/mol. The van der Waals surface area contributed by atoms with E-state index in [1.807, 2.05) is 60.7 Å². The molecule has 0 amide bonds. The molecule has 0 radical (unpaired) electrons. The van der Waals surface area contributed by atoms with E-state index >= 15 is 8.63 Å². The SMILES string of the molecule is O=c1c2ccc3oc4ccc(-c5ccc(C(F)(F)F)cc5)cc4c4ccc(c(=O)n1CCCCCCOc1cc(Cl)c(C5=C6C=C7CCCc8ccccc8C7=IN6[B-](F)(F)n6c5cc5c6-c6ccccc6CCC5)c(Cl)c1)c2c34. The van der Waals surface area contributed by atoms with Gasteiger partial charge in [0, 0.05) is 65.2 Å². The summed E-state index contributed by atoms with van der Waals surface area (Å²) in [6.07, 6.45) is 5.11. The van der Waals surface area contributed by atoms with Crippen LogP contribution in [0.2, 0.25) is 10.0 Å². The number of aryl methyl sites for hydroxylation is 3. The Balaban J connectivity index is 0.706. The van der Waals surface area contributed by atoms with Gasteiger partial charge in [-0.2, -0.15) is 13.2 Å². The number of ether oxygens (including phenoxy) is 1.